The molecule has 23 heavy (non-hydrogen) atoms. The minimum absolute atomic E-state index is 0.0400. The Morgan fingerprint density at radius 1 is 1.22 bits per heavy atom. The molecule has 1 aliphatic rings. The molecule has 0 spiro atoms. The third-order valence-corrected chi connectivity index (χ3v) is 3.82. The quantitative estimate of drug-likeness (QED) is 0.814. The van der Waals surface area contributed by atoms with Crippen molar-refractivity contribution in [2.24, 2.45) is 4.99 Å². The maximum absolute atomic E-state index is 13.0. The van der Waals surface area contributed by atoms with Gasteiger partial charge in [-0.25, -0.2) is 0 Å². The lowest BCUT2D eigenvalue weighted by Gasteiger charge is -2.12. The Morgan fingerprint density at radius 2 is 2.00 bits per heavy atom. The van der Waals surface area contributed by atoms with Gasteiger partial charge in [0.25, 0.3) is 0 Å². The third kappa shape index (κ3) is 3.24. The van der Waals surface area contributed by atoms with Gasteiger partial charge >= 0.3 is 6.18 Å². The average Bonchev–Trinajstić information content (AvgIpc) is 2.64. The second-order valence-electron chi connectivity index (χ2n) is 4.76. The van der Waals surface area contributed by atoms with Gasteiger partial charge in [0.15, 0.2) is 0 Å². The number of hydrogen-bond acceptors (Lipinski definition) is 4. The molecule has 2 heterocycles. The average molecular weight is 385 g/mol. The molecule has 1 aliphatic heterocycles. The van der Waals surface area contributed by atoms with Crippen LogP contribution in [-0.4, -0.2) is 21.8 Å². The lowest BCUT2D eigenvalue weighted by molar-refractivity contribution is -0.138. The van der Waals surface area contributed by atoms with Gasteiger partial charge in [0.2, 0.25) is 5.91 Å². The number of aliphatic imine (C=N–C) groups is 1. The molecule has 0 radical (unpaired) electrons. The fourth-order valence-corrected chi connectivity index (χ4v) is 2.70. The Labute approximate surface area is 136 Å². The summed E-state index contributed by atoms with van der Waals surface area (Å²) in [6.07, 6.45) is -1.78. The molecule has 0 unspecified atom stereocenters. The highest BCUT2D eigenvalue weighted by Crippen LogP contribution is 2.41. The summed E-state index contributed by atoms with van der Waals surface area (Å²) in [7, 11) is 0. The molecule has 0 aliphatic carbocycles. The zero-order chi connectivity index (χ0) is 16.6. The van der Waals surface area contributed by atoms with E-state index in [9.17, 15) is 18.0 Å². The maximum atomic E-state index is 13.0. The number of alkyl halides is 3. The number of benzene rings is 1. The van der Waals surface area contributed by atoms with Crippen LogP contribution in [0.1, 0.15) is 17.5 Å². The van der Waals surface area contributed by atoms with Crippen LogP contribution in [0.5, 0.6) is 0 Å². The van der Waals surface area contributed by atoms with Crippen LogP contribution in [0, 0.1) is 0 Å². The monoisotopic (exact) mass is 384 g/mol. The van der Waals surface area contributed by atoms with E-state index in [2.05, 4.69) is 36.4 Å². The fraction of sp³-hybridized carbons (Fsp3) is 0.143. The largest absolute Gasteiger partial charge is 0.417 e. The first-order valence-corrected chi connectivity index (χ1v) is 7.19. The van der Waals surface area contributed by atoms with E-state index in [1.54, 1.807) is 6.07 Å². The Bertz CT molecular complexity index is 806. The molecule has 3 rings (SSSR count). The number of fused-ring (bicyclic) bond motifs is 1. The van der Waals surface area contributed by atoms with E-state index in [1.165, 1.54) is 18.5 Å². The van der Waals surface area contributed by atoms with Crippen LogP contribution in [-0.2, 0) is 11.0 Å². The van der Waals surface area contributed by atoms with Crippen molar-refractivity contribution in [3.8, 4) is 0 Å². The minimum atomic E-state index is -4.53. The van der Waals surface area contributed by atoms with Gasteiger partial charge in [0, 0.05) is 10.0 Å². The summed E-state index contributed by atoms with van der Waals surface area (Å²) in [6.45, 7) is 0. The van der Waals surface area contributed by atoms with Crippen molar-refractivity contribution in [3.63, 3.8) is 0 Å². The number of rotatable bonds is 1. The molecule has 118 valence electrons. The van der Waals surface area contributed by atoms with E-state index in [4.69, 9.17) is 0 Å². The van der Waals surface area contributed by atoms with Gasteiger partial charge < -0.3 is 5.32 Å². The van der Waals surface area contributed by atoms with Gasteiger partial charge in [-0.05, 0) is 18.2 Å². The van der Waals surface area contributed by atoms with Crippen molar-refractivity contribution in [1.82, 2.24) is 10.2 Å². The number of carbonyl (C=O) groups is 1. The number of anilines is 1. The zero-order valence-corrected chi connectivity index (χ0v) is 12.9. The lowest BCUT2D eigenvalue weighted by Crippen LogP contribution is -2.15. The van der Waals surface area contributed by atoms with Gasteiger partial charge in [-0.15, -0.1) is 0 Å². The normalized spacial score (nSPS) is 14.6. The molecule has 1 aromatic carbocycles. The number of nitrogens with zero attached hydrogens (tertiary/aromatic N) is 3. The summed E-state index contributed by atoms with van der Waals surface area (Å²) in [5.74, 6) is -0.369. The van der Waals surface area contributed by atoms with Crippen molar-refractivity contribution >= 4 is 38.9 Å². The number of halogens is 4. The van der Waals surface area contributed by atoms with E-state index >= 15 is 0 Å². The molecule has 0 atom stereocenters. The standard InChI is InChI=1S/C14H8BrF3N4O/c15-9-4-12-11(3-8(9)14(16,17)18)21-10(5-13(23)22-12)7-1-2-19-20-6-7/h1-4,6H,5H2,(H,22,23). The highest BCUT2D eigenvalue weighted by molar-refractivity contribution is 9.10. The van der Waals surface area contributed by atoms with Gasteiger partial charge in [-0.1, -0.05) is 15.9 Å². The summed E-state index contributed by atoms with van der Waals surface area (Å²) >= 11 is 2.88. The maximum Gasteiger partial charge on any atom is 0.417 e. The van der Waals surface area contributed by atoms with E-state index in [-0.39, 0.29) is 28.2 Å². The van der Waals surface area contributed by atoms with Crippen molar-refractivity contribution in [3.05, 3.63) is 46.2 Å². The Hall–Kier alpha value is -2.29. The summed E-state index contributed by atoms with van der Waals surface area (Å²) in [5, 5.41) is 9.87. The molecule has 2 aromatic rings. The van der Waals surface area contributed by atoms with E-state index in [0.717, 1.165) is 6.07 Å². The molecule has 0 saturated heterocycles. The third-order valence-electron chi connectivity index (χ3n) is 3.17. The Balaban J connectivity index is 2.17. The summed E-state index contributed by atoms with van der Waals surface area (Å²) in [4.78, 5) is 16.2. The van der Waals surface area contributed by atoms with Crippen LogP contribution in [0.3, 0.4) is 0 Å². The molecule has 1 amide bonds. The van der Waals surface area contributed by atoms with Crippen LogP contribution in [0.15, 0.2) is 40.1 Å². The highest BCUT2D eigenvalue weighted by atomic mass is 79.9. The van der Waals surface area contributed by atoms with Crippen molar-refractivity contribution < 1.29 is 18.0 Å². The first-order chi connectivity index (χ1) is 10.8. The number of aromatic nitrogens is 2. The molecular weight excluding hydrogens is 377 g/mol. The number of carbonyl (C=O) groups excluding carboxylic acids is 1. The van der Waals surface area contributed by atoms with Gasteiger partial charge in [-0.2, -0.15) is 23.4 Å². The van der Waals surface area contributed by atoms with Crippen molar-refractivity contribution in [1.29, 1.82) is 0 Å². The van der Waals surface area contributed by atoms with Crippen LogP contribution in [0.2, 0.25) is 0 Å². The predicted octanol–water partition coefficient (Wildman–Crippen LogP) is 3.72. The molecule has 5 nitrogen and oxygen atoms in total. The second kappa shape index (κ2) is 5.73. The predicted molar refractivity (Wildman–Crippen MR) is 80.6 cm³/mol. The van der Waals surface area contributed by atoms with Gasteiger partial charge in [0.05, 0.1) is 41.5 Å². The summed E-state index contributed by atoms with van der Waals surface area (Å²) in [6, 6.07) is 3.70. The van der Waals surface area contributed by atoms with Crippen LogP contribution in [0.25, 0.3) is 0 Å². The number of nitrogens with one attached hydrogen (secondary N) is 1. The highest BCUT2D eigenvalue weighted by Gasteiger charge is 2.34. The summed E-state index contributed by atoms with van der Waals surface area (Å²) in [5.41, 5.74) is 0.250. The van der Waals surface area contributed by atoms with Gasteiger partial charge in [0.1, 0.15) is 0 Å². The van der Waals surface area contributed by atoms with E-state index < -0.39 is 11.7 Å². The molecule has 0 fully saturated rings. The Morgan fingerprint density at radius 3 is 2.65 bits per heavy atom. The van der Waals surface area contributed by atoms with Crippen molar-refractivity contribution in [2.75, 3.05) is 5.32 Å². The molecule has 1 aromatic heterocycles. The SMILES string of the molecule is O=C1CC(c2ccnnc2)=Nc2cc(C(F)(F)F)c(Br)cc2N1. The van der Waals surface area contributed by atoms with Gasteiger partial charge in [-0.3, -0.25) is 9.79 Å². The number of amides is 1. The summed E-state index contributed by atoms with van der Waals surface area (Å²) < 4.78 is 38.9. The van der Waals surface area contributed by atoms with Crippen LogP contribution >= 0.6 is 15.9 Å². The second-order valence-corrected chi connectivity index (χ2v) is 5.62. The molecular formula is C14H8BrF3N4O. The number of hydrogen-bond donors (Lipinski definition) is 1. The fourth-order valence-electron chi connectivity index (χ4n) is 2.13. The van der Waals surface area contributed by atoms with Crippen LogP contribution < -0.4 is 5.32 Å². The van der Waals surface area contributed by atoms with E-state index in [1.807, 2.05) is 0 Å². The van der Waals surface area contributed by atoms with Crippen LogP contribution in [0.4, 0.5) is 24.5 Å². The molecule has 9 heteroatoms. The zero-order valence-electron chi connectivity index (χ0n) is 11.4. The molecule has 0 bridgehead atoms. The van der Waals surface area contributed by atoms with E-state index in [0.29, 0.717) is 11.3 Å². The first-order valence-electron chi connectivity index (χ1n) is 6.40. The van der Waals surface area contributed by atoms with Crippen molar-refractivity contribution in [2.45, 2.75) is 12.6 Å². The molecule has 1 N–H and O–H groups in total. The smallest absolute Gasteiger partial charge is 0.324 e. The first kappa shape index (κ1) is 15.6. The Kier molecular flexibility index (Phi) is 3.88. The minimum Gasteiger partial charge on any atom is -0.324 e. The topological polar surface area (TPSA) is 67.2 Å². The lowest BCUT2D eigenvalue weighted by atomic mass is 10.1. The molecule has 0 saturated carbocycles.